The number of aliphatic hydroxyl groups excluding tert-OH is 1. The molecule has 0 aliphatic rings. The molecule has 2 heteroatoms. The summed E-state index contributed by atoms with van der Waals surface area (Å²) >= 11 is 0. The molecule has 0 fully saturated rings. The van der Waals surface area contributed by atoms with Gasteiger partial charge in [0.25, 0.3) is 0 Å². The van der Waals surface area contributed by atoms with Crippen molar-refractivity contribution in [3.05, 3.63) is 71.0 Å². The van der Waals surface area contributed by atoms with E-state index < -0.39 is 6.10 Å². The first-order valence-electron chi connectivity index (χ1n) is 7.39. The number of benzene rings is 2. The Labute approximate surface area is 126 Å². The maximum Gasteiger partial charge on any atom is 0.138 e. The van der Waals surface area contributed by atoms with Gasteiger partial charge < -0.3 is 9.52 Å². The van der Waals surface area contributed by atoms with Crippen LogP contribution in [0.3, 0.4) is 0 Å². The molecule has 0 aliphatic carbocycles. The predicted octanol–water partition coefficient (Wildman–Crippen LogP) is 5.16. The van der Waals surface area contributed by atoms with E-state index in [0.717, 1.165) is 22.1 Å². The summed E-state index contributed by atoms with van der Waals surface area (Å²) in [6.45, 7) is 8.09. The highest BCUT2D eigenvalue weighted by Gasteiger charge is 2.16. The molecule has 110 valence electrons. The molecule has 0 spiro atoms. The fourth-order valence-corrected chi connectivity index (χ4v) is 2.47. The molecule has 1 atom stereocenters. The van der Waals surface area contributed by atoms with Gasteiger partial charge in [-0.05, 0) is 37.1 Å². The summed E-state index contributed by atoms with van der Waals surface area (Å²) in [5.74, 6) is 0.593. The molecule has 1 N–H and O–H groups in total. The maximum atomic E-state index is 10.4. The number of aliphatic hydroxyl groups is 1. The number of fused-ring (bicyclic) bond motifs is 1. The average molecular weight is 282 g/mol. The van der Waals surface area contributed by atoms with Crippen LogP contribution in [-0.2, 0) is 0 Å². The lowest BCUT2D eigenvalue weighted by Gasteiger charge is -2.07. The van der Waals surface area contributed by atoms with Crippen molar-refractivity contribution in [1.82, 2.24) is 0 Å². The maximum absolute atomic E-state index is 10.4. The second kappa shape index (κ2) is 6.59. The first kappa shape index (κ1) is 15.3. The summed E-state index contributed by atoms with van der Waals surface area (Å²) in [5.41, 5.74) is 4.00. The van der Waals surface area contributed by atoms with Crippen molar-refractivity contribution in [1.29, 1.82) is 0 Å². The van der Waals surface area contributed by atoms with Gasteiger partial charge in [-0.2, -0.15) is 0 Å². The van der Waals surface area contributed by atoms with Crippen LogP contribution in [0.5, 0.6) is 0 Å². The first-order chi connectivity index (χ1) is 10.1. The summed E-state index contributed by atoms with van der Waals surface area (Å²) in [5, 5.41) is 11.4. The Hall–Kier alpha value is -2.06. The zero-order chi connectivity index (χ0) is 15.4. The fourth-order valence-electron chi connectivity index (χ4n) is 2.47. The molecule has 0 aliphatic heterocycles. The summed E-state index contributed by atoms with van der Waals surface area (Å²) in [6, 6.07) is 15.6. The molecule has 3 rings (SSSR count). The molecule has 2 aromatic carbocycles. The van der Waals surface area contributed by atoms with Crippen molar-refractivity contribution < 1.29 is 9.52 Å². The van der Waals surface area contributed by atoms with E-state index in [4.69, 9.17) is 4.42 Å². The molecule has 1 aromatic heterocycles. The van der Waals surface area contributed by atoms with E-state index >= 15 is 0 Å². The Balaban J connectivity index is 0.000000774. The normalized spacial score (nSPS) is 11.9. The molecular weight excluding hydrogens is 260 g/mol. The van der Waals surface area contributed by atoms with Gasteiger partial charge in [0.15, 0.2) is 0 Å². The van der Waals surface area contributed by atoms with E-state index in [-0.39, 0.29) is 0 Å². The second-order valence-corrected chi connectivity index (χ2v) is 4.96. The van der Waals surface area contributed by atoms with E-state index in [2.05, 4.69) is 19.1 Å². The standard InChI is InChI=1S/C17H16O2.C2H6/c1-11-8-12(2)17-14(9-11)10-15(19-17)16(18)13-6-4-3-5-7-13;1-2/h3-10,16,18H,1-2H3;1-2H3. The van der Waals surface area contributed by atoms with Crippen LogP contribution in [0, 0.1) is 13.8 Å². The lowest BCUT2D eigenvalue weighted by Crippen LogP contribution is -1.96. The molecule has 1 heterocycles. The summed E-state index contributed by atoms with van der Waals surface area (Å²) < 4.78 is 5.82. The van der Waals surface area contributed by atoms with Crippen LogP contribution in [-0.4, -0.2) is 5.11 Å². The zero-order valence-electron chi connectivity index (χ0n) is 13.1. The Kier molecular flexibility index (Phi) is 4.81. The van der Waals surface area contributed by atoms with Gasteiger partial charge in [-0.1, -0.05) is 55.8 Å². The molecule has 21 heavy (non-hydrogen) atoms. The monoisotopic (exact) mass is 282 g/mol. The van der Waals surface area contributed by atoms with Crippen LogP contribution < -0.4 is 0 Å². The van der Waals surface area contributed by atoms with Crippen molar-refractivity contribution in [3.63, 3.8) is 0 Å². The highest BCUT2D eigenvalue weighted by Crippen LogP contribution is 2.30. The third kappa shape index (κ3) is 3.17. The molecule has 0 saturated carbocycles. The predicted molar refractivity (Wildman–Crippen MR) is 87.5 cm³/mol. The summed E-state index contributed by atoms with van der Waals surface area (Å²) in [7, 11) is 0. The Morgan fingerprint density at radius 3 is 2.29 bits per heavy atom. The quantitative estimate of drug-likeness (QED) is 0.704. The highest BCUT2D eigenvalue weighted by molar-refractivity contribution is 5.82. The fraction of sp³-hybridized carbons (Fsp3) is 0.263. The minimum Gasteiger partial charge on any atom is -0.458 e. The van der Waals surface area contributed by atoms with E-state index in [1.807, 2.05) is 57.2 Å². The molecule has 0 saturated heterocycles. The molecule has 1 unspecified atom stereocenters. The van der Waals surface area contributed by atoms with Gasteiger partial charge in [0.1, 0.15) is 17.4 Å². The summed E-state index contributed by atoms with van der Waals surface area (Å²) in [6.07, 6.45) is -0.715. The Morgan fingerprint density at radius 1 is 0.952 bits per heavy atom. The van der Waals surface area contributed by atoms with Gasteiger partial charge in [0.05, 0.1) is 0 Å². The third-order valence-corrected chi connectivity index (χ3v) is 3.35. The van der Waals surface area contributed by atoms with E-state index in [1.165, 1.54) is 5.56 Å². The van der Waals surface area contributed by atoms with E-state index in [0.29, 0.717) is 5.76 Å². The molecule has 2 nitrogen and oxygen atoms in total. The Bertz CT molecular complexity index is 711. The number of furan rings is 1. The van der Waals surface area contributed by atoms with E-state index in [1.54, 1.807) is 0 Å². The first-order valence-corrected chi connectivity index (χ1v) is 7.39. The minimum atomic E-state index is -0.715. The number of rotatable bonds is 2. The van der Waals surface area contributed by atoms with Gasteiger partial charge in [-0.25, -0.2) is 0 Å². The van der Waals surface area contributed by atoms with Crippen molar-refractivity contribution in [3.8, 4) is 0 Å². The SMILES string of the molecule is CC.Cc1cc(C)c2oc(C(O)c3ccccc3)cc2c1. The lowest BCUT2D eigenvalue weighted by atomic mass is 10.1. The second-order valence-electron chi connectivity index (χ2n) is 4.96. The zero-order valence-corrected chi connectivity index (χ0v) is 13.1. The topological polar surface area (TPSA) is 33.4 Å². The number of hydrogen-bond donors (Lipinski definition) is 1. The average Bonchev–Trinajstić information content (AvgIpc) is 2.93. The van der Waals surface area contributed by atoms with Crippen molar-refractivity contribution in [2.24, 2.45) is 0 Å². The van der Waals surface area contributed by atoms with E-state index in [9.17, 15) is 5.11 Å². The van der Waals surface area contributed by atoms with Gasteiger partial charge >= 0.3 is 0 Å². The number of aryl methyl sites for hydroxylation is 2. The smallest absolute Gasteiger partial charge is 0.138 e. The van der Waals surface area contributed by atoms with Crippen molar-refractivity contribution >= 4 is 11.0 Å². The van der Waals surface area contributed by atoms with Crippen LogP contribution in [0.4, 0.5) is 0 Å². The molecule has 3 aromatic rings. The van der Waals surface area contributed by atoms with Crippen LogP contribution in [0.25, 0.3) is 11.0 Å². The van der Waals surface area contributed by atoms with Gasteiger partial charge in [0, 0.05) is 5.39 Å². The molecular formula is C19H22O2. The van der Waals surface area contributed by atoms with Crippen LogP contribution in [0.15, 0.2) is 52.9 Å². The van der Waals surface area contributed by atoms with Gasteiger partial charge in [-0.3, -0.25) is 0 Å². The highest BCUT2D eigenvalue weighted by atomic mass is 16.4. The van der Waals surface area contributed by atoms with Crippen molar-refractivity contribution in [2.45, 2.75) is 33.8 Å². The largest absolute Gasteiger partial charge is 0.458 e. The molecule has 0 radical (unpaired) electrons. The van der Waals surface area contributed by atoms with Crippen LogP contribution in [0.2, 0.25) is 0 Å². The third-order valence-electron chi connectivity index (χ3n) is 3.35. The van der Waals surface area contributed by atoms with Gasteiger partial charge in [-0.15, -0.1) is 0 Å². The molecule has 0 amide bonds. The number of hydrogen-bond acceptors (Lipinski definition) is 2. The molecule has 0 bridgehead atoms. The minimum absolute atomic E-state index is 0.593. The van der Waals surface area contributed by atoms with Crippen LogP contribution in [0.1, 0.15) is 42.4 Å². The lowest BCUT2D eigenvalue weighted by molar-refractivity contribution is 0.192. The van der Waals surface area contributed by atoms with Gasteiger partial charge in [0.2, 0.25) is 0 Å². The van der Waals surface area contributed by atoms with Crippen molar-refractivity contribution in [2.75, 3.05) is 0 Å². The Morgan fingerprint density at radius 2 is 1.62 bits per heavy atom. The summed E-state index contributed by atoms with van der Waals surface area (Å²) in [4.78, 5) is 0. The van der Waals surface area contributed by atoms with Crippen LogP contribution >= 0.6 is 0 Å².